The van der Waals surface area contributed by atoms with Gasteiger partial charge < -0.3 is 15.1 Å². The number of likely N-dealkylation sites (tertiary alicyclic amines) is 1. The molecule has 136 valence electrons. The monoisotopic (exact) mass is 345 g/mol. The van der Waals surface area contributed by atoms with Crippen LogP contribution in [0.3, 0.4) is 0 Å². The molecule has 2 aromatic rings. The number of nitrogens with one attached hydrogen (secondary N) is 1. The summed E-state index contributed by atoms with van der Waals surface area (Å²) in [7, 11) is 4.07. The van der Waals surface area contributed by atoms with Gasteiger partial charge in [-0.25, -0.2) is 0 Å². The zero-order valence-electron chi connectivity index (χ0n) is 15.3. The quantitative estimate of drug-likeness (QED) is 0.770. The van der Waals surface area contributed by atoms with Crippen LogP contribution >= 0.6 is 0 Å². The molecule has 3 rings (SSSR count). The number of carbonyl (C=O) groups excluding carboxylic acids is 1. The molecule has 0 bridgehead atoms. The molecule has 0 spiro atoms. The molecule has 1 aliphatic rings. The number of hydrogen-bond donors (Lipinski definition) is 1. The highest BCUT2D eigenvalue weighted by Crippen LogP contribution is 2.22. The molecule has 25 heavy (non-hydrogen) atoms. The maximum Gasteiger partial charge on any atom is 0.222 e. The van der Waals surface area contributed by atoms with E-state index in [9.17, 15) is 4.79 Å². The molecule has 1 atom stereocenters. The number of fused-ring (bicyclic) bond motifs is 1. The first-order chi connectivity index (χ1) is 12.1. The Bertz CT molecular complexity index is 727. The zero-order valence-corrected chi connectivity index (χ0v) is 15.3. The summed E-state index contributed by atoms with van der Waals surface area (Å²) in [5, 5.41) is 16.0. The molecule has 8 nitrogen and oxygen atoms in total. The Kier molecular flexibility index (Phi) is 5.47. The first-order valence-corrected chi connectivity index (χ1v) is 8.96. The molecular weight excluding hydrogens is 318 g/mol. The summed E-state index contributed by atoms with van der Waals surface area (Å²) in [5.41, 5.74) is 2.69. The van der Waals surface area contributed by atoms with E-state index in [1.165, 1.54) is 0 Å². The van der Waals surface area contributed by atoms with Crippen molar-refractivity contribution in [1.82, 2.24) is 29.6 Å². The van der Waals surface area contributed by atoms with Crippen molar-refractivity contribution in [3.63, 3.8) is 0 Å². The lowest BCUT2D eigenvalue weighted by molar-refractivity contribution is -0.129. The summed E-state index contributed by atoms with van der Waals surface area (Å²) in [6, 6.07) is 2.36. The molecule has 2 aromatic heterocycles. The second-order valence-corrected chi connectivity index (χ2v) is 6.80. The number of hydrogen-bond acceptors (Lipinski definition) is 6. The third-order valence-corrected chi connectivity index (χ3v) is 4.71. The van der Waals surface area contributed by atoms with Crippen molar-refractivity contribution in [2.45, 2.75) is 38.6 Å². The summed E-state index contributed by atoms with van der Waals surface area (Å²) in [6.07, 6.45) is 5.03. The van der Waals surface area contributed by atoms with Crippen LogP contribution in [-0.2, 0) is 11.2 Å². The smallest absolute Gasteiger partial charge is 0.222 e. The van der Waals surface area contributed by atoms with E-state index < -0.39 is 0 Å². The van der Waals surface area contributed by atoms with Gasteiger partial charge in [0.15, 0.2) is 0 Å². The molecule has 1 aliphatic heterocycles. The number of anilines is 1. The van der Waals surface area contributed by atoms with Crippen molar-refractivity contribution in [3.05, 3.63) is 18.1 Å². The minimum Gasteiger partial charge on any atom is -0.382 e. The van der Waals surface area contributed by atoms with E-state index in [0.717, 1.165) is 55.9 Å². The normalized spacial score (nSPS) is 17.8. The lowest BCUT2D eigenvalue weighted by Crippen LogP contribution is -2.39. The fourth-order valence-electron chi connectivity index (χ4n) is 3.26. The molecule has 0 aromatic carbocycles. The molecule has 1 fully saturated rings. The second-order valence-electron chi connectivity index (χ2n) is 6.80. The third kappa shape index (κ3) is 4.07. The predicted molar refractivity (Wildman–Crippen MR) is 96.6 cm³/mol. The van der Waals surface area contributed by atoms with Crippen LogP contribution in [0.5, 0.6) is 0 Å². The van der Waals surface area contributed by atoms with Gasteiger partial charge in [-0.15, -0.1) is 10.2 Å². The number of carbonyl (C=O) groups is 1. The van der Waals surface area contributed by atoms with Crippen molar-refractivity contribution in [2.24, 2.45) is 0 Å². The van der Waals surface area contributed by atoms with Crippen LogP contribution in [0, 0.1) is 0 Å². The van der Waals surface area contributed by atoms with Gasteiger partial charge in [-0.05, 0) is 39.4 Å². The number of aryl methyl sites for hydroxylation is 1. The Morgan fingerprint density at radius 1 is 1.40 bits per heavy atom. The zero-order chi connectivity index (χ0) is 17.8. The van der Waals surface area contributed by atoms with E-state index in [4.69, 9.17) is 0 Å². The Labute approximate surface area is 148 Å². The lowest BCUT2D eigenvalue weighted by atomic mass is 10.1. The lowest BCUT2D eigenvalue weighted by Gasteiger charge is -2.26. The summed E-state index contributed by atoms with van der Waals surface area (Å²) >= 11 is 0. The van der Waals surface area contributed by atoms with Gasteiger partial charge in [0.1, 0.15) is 6.33 Å². The average molecular weight is 345 g/mol. The molecule has 1 N–H and O–H groups in total. The van der Waals surface area contributed by atoms with Gasteiger partial charge in [0.25, 0.3) is 0 Å². The van der Waals surface area contributed by atoms with Crippen molar-refractivity contribution in [2.75, 3.05) is 39.0 Å². The SMILES string of the molecule is CCc1cc(NCCC2CCC(=O)N2CCN(C)C)c2nncn2n1. The molecule has 0 aliphatic carbocycles. The van der Waals surface area contributed by atoms with E-state index in [1.807, 2.05) is 25.1 Å². The largest absolute Gasteiger partial charge is 0.382 e. The highest BCUT2D eigenvalue weighted by Gasteiger charge is 2.30. The van der Waals surface area contributed by atoms with Gasteiger partial charge in [0.2, 0.25) is 11.6 Å². The molecule has 3 heterocycles. The van der Waals surface area contributed by atoms with E-state index in [1.54, 1.807) is 10.8 Å². The number of aromatic nitrogens is 4. The van der Waals surface area contributed by atoms with Crippen LogP contribution in [0.4, 0.5) is 5.69 Å². The van der Waals surface area contributed by atoms with Crippen LogP contribution < -0.4 is 5.32 Å². The van der Waals surface area contributed by atoms with Crippen molar-refractivity contribution >= 4 is 17.2 Å². The third-order valence-electron chi connectivity index (χ3n) is 4.71. The average Bonchev–Trinajstić information content (AvgIpc) is 3.19. The van der Waals surface area contributed by atoms with Gasteiger partial charge in [-0.3, -0.25) is 4.79 Å². The second kappa shape index (κ2) is 7.77. The fraction of sp³-hybridized carbons (Fsp3) is 0.647. The predicted octanol–water partition coefficient (Wildman–Crippen LogP) is 1.04. The molecule has 1 amide bonds. The summed E-state index contributed by atoms with van der Waals surface area (Å²) in [5.74, 6) is 0.281. The first-order valence-electron chi connectivity index (χ1n) is 8.96. The molecule has 1 saturated heterocycles. The van der Waals surface area contributed by atoms with Crippen molar-refractivity contribution in [1.29, 1.82) is 0 Å². The molecule has 8 heteroatoms. The van der Waals surface area contributed by atoms with Gasteiger partial charge in [0, 0.05) is 32.1 Å². The van der Waals surface area contributed by atoms with E-state index in [-0.39, 0.29) is 5.91 Å². The summed E-state index contributed by atoms with van der Waals surface area (Å²) in [6.45, 7) is 4.58. The topological polar surface area (TPSA) is 78.7 Å². The minimum absolute atomic E-state index is 0.281. The number of rotatable bonds is 8. The van der Waals surface area contributed by atoms with Gasteiger partial charge in [0.05, 0.1) is 11.4 Å². The van der Waals surface area contributed by atoms with E-state index in [2.05, 4.69) is 32.4 Å². The van der Waals surface area contributed by atoms with Gasteiger partial charge in [-0.2, -0.15) is 9.61 Å². The minimum atomic E-state index is 0.281. The highest BCUT2D eigenvalue weighted by molar-refractivity contribution is 5.78. The first kappa shape index (κ1) is 17.6. The Hall–Kier alpha value is -2.22. The fourth-order valence-corrected chi connectivity index (χ4v) is 3.26. The number of amides is 1. The Morgan fingerprint density at radius 3 is 3.00 bits per heavy atom. The maximum absolute atomic E-state index is 12.1. The standard InChI is InChI=1S/C17H27N7O/c1-4-13-11-15(17-20-19-12-24(17)21-13)18-8-7-14-5-6-16(25)23(14)10-9-22(2)3/h11-12,14,18H,4-10H2,1-3H3. The van der Waals surface area contributed by atoms with E-state index >= 15 is 0 Å². The van der Waals surface area contributed by atoms with Crippen LogP contribution in [-0.4, -0.2) is 75.3 Å². The molecular formula is C17H27N7O. The van der Waals surface area contributed by atoms with Crippen LogP contribution in [0.15, 0.2) is 12.4 Å². The summed E-state index contributed by atoms with van der Waals surface area (Å²) < 4.78 is 1.71. The molecule has 0 radical (unpaired) electrons. The Morgan fingerprint density at radius 2 is 2.24 bits per heavy atom. The highest BCUT2D eigenvalue weighted by atomic mass is 16.2. The molecule has 0 saturated carbocycles. The maximum atomic E-state index is 12.1. The van der Waals surface area contributed by atoms with Gasteiger partial charge in [-0.1, -0.05) is 6.92 Å². The number of likely N-dealkylation sites (N-methyl/N-ethyl adjacent to an activating group) is 1. The van der Waals surface area contributed by atoms with Gasteiger partial charge >= 0.3 is 0 Å². The summed E-state index contributed by atoms with van der Waals surface area (Å²) in [4.78, 5) is 16.3. The van der Waals surface area contributed by atoms with Crippen molar-refractivity contribution < 1.29 is 4.79 Å². The number of nitrogens with zero attached hydrogens (tertiary/aromatic N) is 6. The van der Waals surface area contributed by atoms with Crippen LogP contribution in [0.2, 0.25) is 0 Å². The van der Waals surface area contributed by atoms with Crippen LogP contribution in [0.1, 0.15) is 31.9 Å². The Balaban J connectivity index is 1.60. The van der Waals surface area contributed by atoms with Crippen LogP contribution in [0.25, 0.3) is 5.65 Å². The van der Waals surface area contributed by atoms with E-state index in [0.29, 0.717) is 12.5 Å². The molecule has 1 unspecified atom stereocenters. The van der Waals surface area contributed by atoms with Crippen molar-refractivity contribution in [3.8, 4) is 0 Å².